The number of nitroso groups, excluding NO2 is 1. The third-order valence-electron chi connectivity index (χ3n) is 1.98. The van der Waals surface area contributed by atoms with Crippen LogP contribution in [0.2, 0.25) is 0 Å². The van der Waals surface area contributed by atoms with E-state index >= 15 is 0 Å². The van der Waals surface area contributed by atoms with Gasteiger partial charge in [0.1, 0.15) is 0 Å². The Labute approximate surface area is 80.0 Å². The highest BCUT2D eigenvalue weighted by Crippen LogP contribution is 2.33. The third kappa shape index (κ3) is 1.32. The summed E-state index contributed by atoms with van der Waals surface area (Å²) in [5.74, 6) is 0.279. The van der Waals surface area contributed by atoms with Gasteiger partial charge in [-0.1, -0.05) is 0 Å². The van der Waals surface area contributed by atoms with Crippen LogP contribution in [0.4, 0.5) is 11.4 Å². The number of benzene rings is 1. The van der Waals surface area contributed by atoms with Crippen LogP contribution in [0.3, 0.4) is 0 Å². The molecule has 0 fully saturated rings. The zero-order chi connectivity index (χ0) is 10.1. The highest BCUT2D eigenvalue weighted by molar-refractivity contribution is 5.98. The minimum atomic E-state index is -0.252. The lowest BCUT2D eigenvalue weighted by molar-refractivity contribution is -0.378. The van der Waals surface area contributed by atoms with Gasteiger partial charge in [-0.05, 0) is 18.6 Å². The molecule has 0 atom stereocenters. The van der Waals surface area contributed by atoms with Crippen molar-refractivity contribution < 1.29 is 14.7 Å². The standard InChI is InChI=1S/C9H8N2O3/c1-5-2-6(11-13)9-7(3-5)14-4-8(12)10-9/h2-3H,4H2,1H3,(H,10,12)/p+1. The number of ether oxygens (including phenoxy) is 1. The Hall–Kier alpha value is -1.91. The van der Waals surface area contributed by atoms with E-state index in [-0.39, 0.29) is 12.5 Å². The van der Waals surface area contributed by atoms with Crippen LogP contribution >= 0.6 is 0 Å². The molecule has 2 rings (SSSR count). The van der Waals surface area contributed by atoms with Gasteiger partial charge in [-0.2, -0.15) is 0 Å². The molecule has 1 heterocycles. The summed E-state index contributed by atoms with van der Waals surface area (Å²) in [6.45, 7) is 1.84. The van der Waals surface area contributed by atoms with Crippen molar-refractivity contribution in [1.82, 2.24) is 0 Å². The van der Waals surface area contributed by atoms with Crippen LogP contribution in [0.1, 0.15) is 5.56 Å². The van der Waals surface area contributed by atoms with Crippen LogP contribution in [-0.4, -0.2) is 12.5 Å². The van der Waals surface area contributed by atoms with Gasteiger partial charge < -0.3 is 10.1 Å². The first-order chi connectivity index (χ1) is 6.70. The smallest absolute Gasteiger partial charge is 0.280 e. The van der Waals surface area contributed by atoms with Gasteiger partial charge in [-0.15, -0.1) is 0 Å². The van der Waals surface area contributed by atoms with Gasteiger partial charge in [-0.25, -0.2) is 0 Å². The minimum Gasteiger partial charge on any atom is -0.481 e. The van der Waals surface area contributed by atoms with Crippen molar-refractivity contribution >= 4 is 17.3 Å². The van der Waals surface area contributed by atoms with Crippen molar-refractivity contribution in [1.29, 1.82) is 0 Å². The van der Waals surface area contributed by atoms with Gasteiger partial charge in [0.2, 0.25) is 0 Å². The minimum absolute atomic E-state index is 0.00521. The van der Waals surface area contributed by atoms with Crippen LogP contribution in [0.5, 0.6) is 5.75 Å². The average Bonchev–Trinajstić information content (AvgIpc) is 2.17. The van der Waals surface area contributed by atoms with Crippen molar-refractivity contribution in [2.45, 2.75) is 6.92 Å². The summed E-state index contributed by atoms with van der Waals surface area (Å²) < 4.78 is 5.17. The summed E-state index contributed by atoms with van der Waals surface area (Å²) in [5, 5.41) is 4.35. The number of carbonyl (C=O) groups excluding carboxylic acids is 1. The number of fused-ring (bicyclic) bond motifs is 1. The molecule has 0 saturated carbocycles. The molecule has 1 aliphatic heterocycles. The lowest BCUT2D eigenvalue weighted by Gasteiger charge is -2.17. The van der Waals surface area contributed by atoms with Crippen molar-refractivity contribution in [2.75, 3.05) is 11.9 Å². The van der Waals surface area contributed by atoms with Gasteiger partial charge in [0.25, 0.3) is 11.6 Å². The molecule has 0 unspecified atom stereocenters. The van der Waals surface area contributed by atoms with E-state index in [2.05, 4.69) is 5.32 Å². The maximum Gasteiger partial charge on any atom is 0.280 e. The first kappa shape index (κ1) is 8.68. The van der Waals surface area contributed by atoms with E-state index < -0.39 is 0 Å². The number of rotatable bonds is 1. The molecule has 5 nitrogen and oxygen atoms in total. The largest absolute Gasteiger partial charge is 0.481 e. The molecule has 14 heavy (non-hydrogen) atoms. The second-order valence-corrected chi connectivity index (χ2v) is 3.12. The van der Waals surface area contributed by atoms with Gasteiger partial charge in [-0.3, -0.25) is 4.79 Å². The molecule has 1 amide bonds. The Morgan fingerprint density at radius 2 is 2.29 bits per heavy atom. The Kier molecular flexibility index (Phi) is 1.92. The Morgan fingerprint density at radius 1 is 1.50 bits per heavy atom. The van der Waals surface area contributed by atoms with Crippen LogP contribution < -0.4 is 15.2 Å². The van der Waals surface area contributed by atoms with Crippen LogP contribution in [-0.2, 0) is 4.79 Å². The van der Waals surface area contributed by atoms with Gasteiger partial charge in [0, 0.05) is 16.2 Å². The molecule has 5 heteroatoms. The van der Waals surface area contributed by atoms with E-state index in [1.165, 1.54) is 0 Å². The van der Waals surface area contributed by atoms with Crippen molar-refractivity contribution in [3.63, 3.8) is 0 Å². The molecule has 0 saturated heterocycles. The number of anilines is 1. The number of nitrogens with one attached hydrogen (secondary N) is 2. The summed E-state index contributed by atoms with van der Waals surface area (Å²) in [6.07, 6.45) is 0. The SMILES string of the molecule is Cc1cc([NH+]=O)c2c(c1)OCC(=O)N2. The molecule has 1 aromatic carbocycles. The van der Waals surface area contributed by atoms with E-state index in [9.17, 15) is 9.70 Å². The van der Waals surface area contributed by atoms with Crippen LogP contribution in [0.25, 0.3) is 0 Å². The Morgan fingerprint density at radius 3 is 3.00 bits per heavy atom. The predicted octanol–water partition coefficient (Wildman–Crippen LogP) is -0.196. The van der Waals surface area contributed by atoms with Crippen LogP contribution in [0.15, 0.2) is 12.1 Å². The number of hydrogen-bond donors (Lipinski definition) is 2. The zero-order valence-corrected chi connectivity index (χ0v) is 7.59. The normalized spacial score (nSPS) is 13.9. The van der Waals surface area contributed by atoms with Crippen LogP contribution in [0, 0.1) is 11.8 Å². The molecule has 1 aromatic rings. The third-order valence-corrected chi connectivity index (χ3v) is 1.98. The van der Waals surface area contributed by atoms with Crippen molar-refractivity contribution in [3.05, 3.63) is 22.6 Å². The number of hydrogen-bond acceptors (Lipinski definition) is 3. The highest BCUT2D eigenvalue weighted by Gasteiger charge is 2.23. The fourth-order valence-corrected chi connectivity index (χ4v) is 1.40. The average molecular weight is 193 g/mol. The first-order valence-corrected chi connectivity index (χ1v) is 4.16. The molecular formula is C9H9N2O3+. The summed E-state index contributed by atoms with van der Waals surface area (Å²) in [4.78, 5) is 21.6. The predicted molar refractivity (Wildman–Crippen MR) is 49.3 cm³/mol. The van der Waals surface area contributed by atoms with E-state index in [1.807, 2.05) is 6.92 Å². The van der Waals surface area contributed by atoms with Crippen molar-refractivity contribution in [2.24, 2.45) is 0 Å². The Bertz CT molecular complexity index is 415. The fourth-order valence-electron chi connectivity index (χ4n) is 1.40. The number of aryl methyl sites for hydroxylation is 1. The van der Waals surface area contributed by atoms with Crippen molar-refractivity contribution in [3.8, 4) is 5.75 Å². The maximum absolute atomic E-state index is 11.0. The highest BCUT2D eigenvalue weighted by atomic mass is 16.5. The summed E-state index contributed by atoms with van der Waals surface area (Å²) in [5.41, 5.74) is 1.65. The zero-order valence-electron chi connectivity index (χ0n) is 7.59. The monoisotopic (exact) mass is 193 g/mol. The molecule has 0 aromatic heterocycles. The summed E-state index contributed by atoms with van der Waals surface area (Å²) in [6, 6.07) is 3.43. The molecule has 0 bridgehead atoms. The summed E-state index contributed by atoms with van der Waals surface area (Å²) in [7, 11) is 0. The van der Waals surface area contributed by atoms with E-state index in [1.54, 1.807) is 17.3 Å². The quantitative estimate of drug-likeness (QED) is 0.649. The fraction of sp³-hybridized carbons (Fsp3) is 0.222. The molecule has 1 aliphatic rings. The molecular weight excluding hydrogens is 184 g/mol. The topological polar surface area (TPSA) is 69.4 Å². The lowest BCUT2D eigenvalue weighted by atomic mass is 10.1. The molecule has 2 N–H and O–H groups in total. The van der Waals surface area contributed by atoms with E-state index in [0.29, 0.717) is 17.1 Å². The lowest BCUT2D eigenvalue weighted by Crippen LogP contribution is -2.56. The number of amides is 1. The second kappa shape index (κ2) is 3.10. The second-order valence-electron chi connectivity index (χ2n) is 3.12. The molecule has 72 valence electrons. The van der Waals surface area contributed by atoms with E-state index in [4.69, 9.17) is 4.74 Å². The molecule has 0 radical (unpaired) electrons. The summed E-state index contributed by atoms with van der Waals surface area (Å²) >= 11 is 0. The van der Waals surface area contributed by atoms with Gasteiger partial charge in [0.05, 0.1) is 0 Å². The maximum atomic E-state index is 11.0. The van der Waals surface area contributed by atoms with Gasteiger partial charge >= 0.3 is 0 Å². The van der Waals surface area contributed by atoms with Gasteiger partial charge in [0.15, 0.2) is 18.0 Å². The van der Waals surface area contributed by atoms with E-state index in [0.717, 1.165) is 5.56 Å². The molecule has 0 aliphatic carbocycles. The first-order valence-electron chi connectivity index (χ1n) is 4.16. The Balaban J connectivity index is 2.57. The molecule has 0 spiro atoms. The number of carbonyl (C=O) groups is 1.